The monoisotopic (exact) mass is 247 g/mol. The van der Waals surface area contributed by atoms with Crippen LogP contribution in [0, 0.1) is 0 Å². The van der Waals surface area contributed by atoms with E-state index in [-0.39, 0.29) is 0 Å². The summed E-state index contributed by atoms with van der Waals surface area (Å²) < 4.78 is 2.34. The van der Waals surface area contributed by atoms with Gasteiger partial charge in [0.05, 0.1) is 12.2 Å². The molecular weight excluding hydrogens is 222 g/mol. The summed E-state index contributed by atoms with van der Waals surface area (Å²) in [6.07, 6.45) is 12.7. The number of nitrogens with one attached hydrogen (secondary N) is 1. The zero-order chi connectivity index (χ0) is 12.4. The minimum atomic E-state index is 0.670. The smallest absolute Gasteiger partial charge is 0.0537 e. The Bertz CT molecular complexity index is 386. The van der Waals surface area contributed by atoms with E-state index in [4.69, 9.17) is 0 Å². The van der Waals surface area contributed by atoms with Crippen molar-refractivity contribution in [2.24, 2.45) is 0 Å². The minimum Gasteiger partial charge on any atom is -0.310 e. The van der Waals surface area contributed by atoms with Crippen LogP contribution in [0.25, 0.3) is 0 Å². The van der Waals surface area contributed by atoms with E-state index in [2.05, 4.69) is 28.2 Å². The van der Waals surface area contributed by atoms with Gasteiger partial charge in [-0.05, 0) is 32.1 Å². The molecule has 0 amide bonds. The molecule has 2 aliphatic carbocycles. The summed E-state index contributed by atoms with van der Waals surface area (Å²) in [5, 5.41) is 8.30. The van der Waals surface area contributed by atoms with Crippen LogP contribution >= 0.6 is 0 Å². The van der Waals surface area contributed by atoms with Crippen LogP contribution in [0.5, 0.6) is 0 Å². The van der Waals surface area contributed by atoms with Gasteiger partial charge in [0.25, 0.3) is 0 Å². The van der Waals surface area contributed by atoms with E-state index in [1.807, 2.05) is 0 Å². The summed E-state index contributed by atoms with van der Waals surface area (Å²) in [5.41, 5.74) is 2.89. The quantitative estimate of drug-likeness (QED) is 0.866. The van der Waals surface area contributed by atoms with Crippen molar-refractivity contribution in [2.75, 3.05) is 0 Å². The summed E-state index contributed by atoms with van der Waals surface area (Å²) in [7, 11) is 0. The fourth-order valence-electron chi connectivity index (χ4n) is 3.14. The Hall–Kier alpha value is -0.830. The maximum absolute atomic E-state index is 4.69. The standard InChI is InChI=1S/C15H25N3/c1-2-15-12(10-16-13-8-9-13)11-17-18(15)14-6-4-3-5-7-14/h11,13-14,16H,2-10H2,1H3. The maximum atomic E-state index is 4.69. The lowest BCUT2D eigenvalue weighted by atomic mass is 9.95. The van der Waals surface area contributed by atoms with Gasteiger partial charge in [0.1, 0.15) is 0 Å². The third-order valence-electron chi connectivity index (χ3n) is 4.40. The molecule has 0 saturated heterocycles. The van der Waals surface area contributed by atoms with Crippen molar-refractivity contribution < 1.29 is 0 Å². The van der Waals surface area contributed by atoms with Gasteiger partial charge in [-0.1, -0.05) is 26.2 Å². The van der Waals surface area contributed by atoms with Gasteiger partial charge in [-0.15, -0.1) is 0 Å². The summed E-state index contributed by atoms with van der Waals surface area (Å²) >= 11 is 0. The Labute approximate surface area is 110 Å². The molecule has 2 fully saturated rings. The Morgan fingerprint density at radius 3 is 2.67 bits per heavy atom. The van der Waals surface area contributed by atoms with Gasteiger partial charge in [-0.25, -0.2) is 0 Å². The Morgan fingerprint density at radius 2 is 2.00 bits per heavy atom. The second kappa shape index (κ2) is 5.43. The van der Waals surface area contributed by atoms with Gasteiger partial charge >= 0.3 is 0 Å². The number of nitrogens with zero attached hydrogens (tertiary/aromatic N) is 2. The van der Waals surface area contributed by atoms with Crippen molar-refractivity contribution in [3.05, 3.63) is 17.5 Å². The fourth-order valence-corrected chi connectivity index (χ4v) is 3.14. The van der Waals surface area contributed by atoms with Crippen molar-refractivity contribution in [2.45, 2.75) is 76.9 Å². The van der Waals surface area contributed by atoms with Crippen LogP contribution in [0.4, 0.5) is 0 Å². The molecule has 2 aliphatic rings. The zero-order valence-electron chi connectivity index (χ0n) is 11.5. The lowest BCUT2D eigenvalue weighted by Crippen LogP contribution is -2.19. The average Bonchev–Trinajstić information content (AvgIpc) is 3.16. The predicted octanol–water partition coefficient (Wildman–Crippen LogP) is 3.20. The SMILES string of the molecule is CCc1c(CNC2CC2)cnn1C1CCCCC1. The van der Waals surface area contributed by atoms with Gasteiger partial charge in [0.15, 0.2) is 0 Å². The zero-order valence-corrected chi connectivity index (χ0v) is 11.5. The number of hydrogen-bond donors (Lipinski definition) is 1. The second-order valence-electron chi connectivity index (χ2n) is 5.86. The molecule has 0 aliphatic heterocycles. The molecule has 3 nitrogen and oxygen atoms in total. The third-order valence-corrected chi connectivity index (χ3v) is 4.40. The van der Waals surface area contributed by atoms with Crippen molar-refractivity contribution >= 4 is 0 Å². The maximum Gasteiger partial charge on any atom is 0.0537 e. The molecular formula is C15H25N3. The van der Waals surface area contributed by atoms with Crippen LogP contribution in [-0.2, 0) is 13.0 Å². The highest BCUT2D eigenvalue weighted by Gasteiger charge is 2.23. The number of aromatic nitrogens is 2. The van der Waals surface area contributed by atoms with Gasteiger partial charge in [-0.2, -0.15) is 5.10 Å². The van der Waals surface area contributed by atoms with Crippen LogP contribution in [0.2, 0.25) is 0 Å². The Balaban J connectivity index is 1.71. The van der Waals surface area contributed by atoms with E-state index in [0.29, 0.717) is 6.04 Å². The Kier molecular flexibility index (Phi) is 3.69. The molecule has 1 heterocycles. The first kappa shape index (κ1) is 12.2. The minimum absolute atomic E-state index is 0.670. The molecule has 1 aromatic rings. The summed E-state index contributed by atoms with van der Waals surface area (Å²) in [6.45, 7) is 3.28. The Morgan fingerprint density at radius 1 is 1.22 bits per heavy atom. The first-order chi connectivity index (χ1) is 8.88. The first-order valence-electron chi connectivity index (χ1n) is 7.67. The van der Waals surface area contributed by atoms with Gasteiger partial charge in [0, 0.05) is 23.8 Å². The molecule has 1 aromatic heterocycles. The second-order valence-corrected chi connectivity index (χ2v) is 5.86. The molecule has 18 heavy (non-hydrogen) atoms. The van der Waals surface area contributed by atoms with Gasteiger partial charge < -0.3 is 5.32 Å². The van der Waals surface area contributed by atoms with E-state index in [1.54, 1.807) is 0 Å². The average molecular weight is 247 g/mol. The molecule has 100 valence electrons. The molecule has 0 bridgehead atoms. The molecule has 0 radical (unpaired) electrons. The van der Waals surface area contributed by atoms with Gasteiger partial charge in [0.2, 0.25) is 0 Å². The van der Waals surface area contributed by atoms with Crippen LogP contribution in [0.1, 0.15) is 69.2 Å². The predicted molar refractivity (Wildman–Crippen MR) is 73.6 cm³/mol. The summed E-state index contributed by atoms with van der Waals surface area (Å²) in [4.78, 5) is 0. The van der Waals surface area contributed by atoms with Crippen LogP contribution < -0.4 is 5.32 Å². The number of hydrogen-bond acceptors (Lipinski definition) is 2. The topological polar surface area (TPSA) is 29.9 Å². The van der Waals surface area contributed by atoms with Crippen LogP contribution in [0.3, 0.4) is 0 Å². The van der Waals surface area contributed by atoms with Crippen molar-refractivity contribution in [3.63, 3.8) is 0 Å². The van der Waals surface area contributed by atoms with Crippen LogP contribution in [0.15, 0.2) is 6.20 Å². The van der Waals surface area contributed by atoms with E-state index in [0.717, 1.165) is 19.0 Å². The lowest BCUT2D eigenvalue weighted by Gasteiger charge is -2.24. The normalized spacial score (nSPS) is 21.4. The van der Waals surface area contributed by atoms with Crippen molar-refractivity contribution in [1.82, 2.24) is 15.1 Å². The van der Waals surface area contributed by atoms with E-state index >= 15 is 0 Å². The molecule has 0 unspecified atom stereocenters. The highest BCUT2D eigenvalue weighted by Crippen LogP contribution is 2.30. The van der Waals surface area contributed by atoms with Crippen molar-refractivity contribution in [3.8, 4) is 0 Å². The molecule has 3 heteroatoms. The lowest BCUT2D eigenvalue weighted by molar-refractivity contribution is 0.322. The fraction of sp³-hybridized carbons (Fsp3) is 0.800. The molecule has 0 aromatic carbocycles. The first-order valence-corrected chi connectivity index (χ1v) is 7.67. The van der Waals surface area contributed by atoms with E-state index < -0.39 is 0 Å². The van der Waals surface area contributed by atoms with Gasteiger partial charge in [-0.3, -0.25) is 4.68 Å². The molecule has 2 saturated carbocycles. The van der Waals surface area contributed by atoms with Crippen molar-refractivity contribution in [1.29, 1.82) is 0 Å². The third kappa shape index (κ3) is 2.61. The largest absolute Gasteiger partial charge is 0.310 e. The van der Waals surface area contributed by atoms with E-state index in [9.17, 15) is 0 Å². The summed E-state index contributed by atoms with van der Waals surface area (Å²) in [5.74, 6) is 0. The molecule has 0 atom stereocenters. The highest BCUT2D eigenvalue weighted by molar-refractivity contribution is 5.19. The molecule has 0 spiro atoms. The summed E-state index contributed by atoms with van der Waals surface area (Å²) in [6, 6.07) is 1.45. The number of rotatable bonds is 5. The highest BCUT2D eigenvalue weighted by atomic mass is 15.3. The molecule has 3 rings (SSSR count). The molecule has 1 N–H and O–H groups in total. The van der Waals surface area contributed by atoms with E-state index in [1.165, 1.54) is 56.2 Å². The van der Waals surface area contributed by atoms with Crippen LogP contribution in [-0.4, -0.2) is 15.8 Å².